The smallest absolute Gasteiger partial charge is 0.0965 e. The first-order valence-electron chi connectivity index (χ1n) is 13.8. The highest BCUT2D eigenvalue weighted by molar-refractivity contribution is 6.18. The lowest BCUT2D eigenvalue weighted by Gasteiger charge is -2.25. The molecular formula is C30H49N2+. The van der Waals surface area contributed by atoms with Crippen LogP contribution < -0.4 is 0 Å². The molecule has 2 nitrogen and oxygen atoms in total. The van der Waals surface area contributed by atoms with Crippen molar-refractivity contribution in [1.29, 1.82) is 0 Å². The van der Waals surface area contributed by atoms with Crippen LogP contribution >= 0.6 is 0 Å². The number of hydrogen-bond donors (Lipinski definition) is 0. The van der Waals surface area contributed by atoms with Crippen LogP contribution in [0.4, 0.5) is 0 Å². The van der Waals surface area contributed by atoms with Crippen molar-refractivity contribution >= 4 is 12.4 Å². The Hall–Kier alpha value is -1.57. The molecule has 0 radical (unpaired) electrons. The third-order valence-electron chi connectivity index (χ3n) is 7.00. The average Bonchev–Trinajstić information content (AvgIpc) is 3.35. The van der Waals surface area contributed by atoms with E-state index in [1.165, 1.54) is 108 Å². The molecular weight excluding hydrogens is 388 g/mol. The molecule has 1 aliphatic rings. The zero-order chi connectivity index (χ0) is 22.7. The molecule has 0 N–H and O–H groups in total. The second-order valence-electron chi connectivity index (χ2n) is 9.79. The molecule has 0 aromatic heterocycles. The first-order valence-corrected chi connectivity index (χ1v) is 13.8. The fourth-order valence-corrected chi connectivity index (χ4v) is 5.12. The molecule has 0 aliphatic carbocycles. The number of hydrogen-bond acceptors (Lipinski definition) is 2. The van der Waals surface area contributed by atoms with E-state index in [1.54, 1.807) is 0 Å². The van der Waals surface area contributed by atoms with Gasteiger partial charge in [-0.05, 0) is 30.7 Å². The topological polar surface area (TPSA) is 24.7 Å². The van der Waals surface area contributed by atoms with Crippen LogP contribution in [0.2, 0.25) is 0 Å². The zero-order valence-electron chi connectivity index (χ0n) is 21.1. The van der Waals surface area contributed by atoms with E-state index in [4.69, 9.17) is 0 Å². The van der Waals surface area contributed by atoms with Crippen LogP contribution in [0.5, 0.6) is 0 Å². The van der Waals surface area contributed by atoms with Crippen LogP contribution in [-0.4, -0.2) is 12.4 Å². The Morgan fingerprint density at radius 2 is 1.16 bits per heavy atom. The summed E-state index contributed by atoms with van der Waals surface area (Å²) in [6.07, 6.45) is 28.1. The molecule has 0 spiro atoms. The van der Waals surface area contributed by atoms with Crippen molar-refractivity contribution in [3.63, 3.8) is 0 Å². The quantitative estimate of drug-likeness (QED) is 0.143. The minimum absolute atomic E-state index is 0.493. The lowest BCUT2D eigenvalue weighted by molar-refractivity contribution is 0.290. The van der Waals surface area contributed by atoms with Gasteiger partial charge in [-0.3, -0.25) is 0 Å². The number of nitrogens with zero attached hydrogens (tertiary/aromatic N) is 2. The van der Waals surface area contributed by atoms with Gasteiger partial charge in [0.15, 0.2) is 12.4 Å². The van der Waals surface area contributed by atoms with Crippen LogP contribution in [0.15, 0.2) is 40.3 Å². The summed E-state index contributed by atoms with van der Waals surface area (Å²) >= 11 is 0. The number of unbranched alkanes of at least 4 members (excludes halogenated alkanes) is 12. The summed E-state index contributed by atoms with van der Waals surface area (Å²) in [7, 11) is 0. The molecule has 0 amide bonds. The summed E-state index contributed by atoms with van der Waals surface area (Å²) in [4.78, 5) is 9.20. The molecule has 0 bridgehead atoms. The Bertz CT molecular complexity index is 595. The second-order valence-corrected chi connectivity index (χ2v) is 9.79. The first-order chi connectivity index (χ1) is 15.8. The van der Waals surface area contributed by atoms with E-state index in [9.17, 15) is 0 Å². The largest absolute Gasteiger partial charge is 0.244 e. The molecule has 1 aromatic rings. The van der Waals surface area contributed by atoms with Crippen molar-refractivity contribution in [2.75, 3.05) is 0 Å². The molecule has 0 fully saturated rings. The number of aliphatic imine (C=N–C) groups is 2. The summed E-state index contributed by atoms with van der Waals surface area (Å²) in [6, 6.07) is 11.0. The molecule has 2 unspecified atom stereocenters. The normalized spacial score (nSPS) is 14.9. The van der Waals surface area contributed by atoms with Crippen LogP contribution in [0.25, 0.3) is 0 Å². The first kappa shape index (κ1) is 26.7. The molecule has 32 heavy (non-hydrogen) atoms. The Kier molecular flexibility index (Phi) is 14.9. The van der Waals surface area contributed by atoms with E-state index >= 15 is 0 Å². The summed E-state index contributed by atoms with van der Waals surface area (Å²) in [5.41, 5.74) is 1.46. The molecule has 1 aromatic carbocycles. The predicted molar refractivity (Wildman–Crippen MR) is 143 cm³/mol. The van der Waals surface area contributed by atoms with E-state index in [0.29, 0.717) is 11.8 Å². The molecule has 2 heteroatoms. The fourth-order valence-electron chi connectivity index (χ4n) is 5.12. The van der Waals surface area contributed by atoms with Gasteiger partial charge in [-0.25, -0.2) is 0 Å². The highest BCUT2D eigenvalue weighted by Gasteiger charge is 2.34. The SMILES string of the molecule is CCCCCCCCCCCCCCCC(Cc1ccccc1)C(CCC)[C+]1N=CC=N1. The zero-order valence-corrected chi connectivity index (χ0v) is 21.1. The minimum atomic E-state index is 0.493. The Morgan fingerprint density at radius 3 is 1.69 bits per heavy atom. The third kappa shape index (κ3) is 11.3. The Balaban J connectivity index is 1.65. The van der Waals surface area contributed by atoms with Gasteiger partial charge in [0.2, 0.25) is 6.17 Å². The molecule has 178 valence electrons. The Morgan fingerprint density at radius 1 is 0.625 bits per heavy atom. The maximum atomic E-state index is 4.60. The van der Waals surface area contributed by atoms with E-state index < -0.39 is 0 Å². The maximum absolute atomic E-state index is 4.60. The maximum Gasteiger partial charge on any atom is 0.244 e. The van der Waals surface area contributed by atoms with Crippen LogP contribution in [0.3, 0.4) is 0 Å². The highest BCUT2D eigenvalue weighted by atomic mass is 15.0. The predicted octanol–water partition coefficient (Wildman–Crippen LogP) is 9.39. The second kappa shape index (κ2) is 17.9. The fraction of sp³-hybridized carbons (Fsp3) is 0.700. The number of benzene rings is 1. The lowest BCUT2D eigenvalue weighted by Crippen LogP contribution is -2.22. The highest BCUT2D eigenvalue weighted by Crippen LogP contribution is 2.36. The average molecular weight is 438 g/mol. The molecule has 0 saturated heterocycles. The van der Waals surface area contributed by atoms with Gasteiger partial charge in [0.05, 0.1) is 5.92 Å². The van der Waals surface area contributed by atoms with E-state index in [2.05, 4.69) is 54.2 Å². The van der Waals surface area contributed by atoms with Crippen LogP contribution in [0, 0.1) is 18.0 Å². The van der Waals surface area contributed by atoms with E-state index in [-0.39, 0.29) is 0 Å². The summed E-state index contributed by atoms with van der Waals surface area (Å²) in [6.45, 7) is 4.59. The van der Waals surface area contributed by atoms with Gasteiger partial charge in [-0.15, -0.1) is 0 Å². The van der Waals surface area contributed by atoms with Crippen molar-refractivity contribution in [2.24, 2.45) is 21.8 Å². The van der Waals surface area contributed by atoms with Gasteiger partial charge in [0.25, 0.3) is 0 Å². The van der Waals surface area contributed by atoms with Crippen LogP contribution in [-0.2, 0) is 6.42 Å². The standard InChI is InChI=1S/C30H49N2/c1-3-5-6-7-8-9-10-11-12-13-14-15-19-23-28(26-27-21-17-16-18-22-27)29(20-4-2)30-31-24-25-32-30/h16-18,21-22,24-25,28-29H,3-15,19-20,23,26H2,1-2H3/q+1. The van der Waals surface area contributed by atoms with Gasteiger partial charge >= 0.3 is 0 Å². The summed E-state index contributed by atoms with van der Waals surface area (Å²) < 4.78 is 0. The van der Waals surface area contributed by atoms with Crippen molar-refractivity contribution in [3.8, 4) is 0 Å². The lowest BCUT2D eigenvalue weighted by atomic mass is 9.79. The van der Waals surface area contributed by atoms with Crippen molar-refractivity contribution < 1.29 is 0 Å². The molecule has 1 heterocycles. The van der Waals surface area contributed by atoms with Crippen molar-refractivity contribution in [2.45, 2.75) is 123 Å². The molecule has 0 saturated carbocycles. The molecule has 1 aliphatic heterocycles. The van der Waals surface area contributed by atoms with Gasteiger partial charge in [0, 0.05) is 0 Å². The summed E-state index contributed by atoms with van der Waals surface area (Å²) in [5.74, 6) is 1.14. The van der Waals surface area contributed by atoms with Gasteiger partial charge in [0.1, 0.15) is 0 Å². The third-order valence-corrected chi connectivity index (χ3v) is 7.00. The summed E-state index contributed by atoms with van der Waals surface area (Å²) in [5, 5.41) is 0. The monoisotopic (exact) mass is 437 g/mol. The van der Waals surface area contributed by atoms with E-state index in [1.807, 2.05) is 12.4 Å². The molecule has 2 atom stereocenters. The van der Waals surface area contributed by atoms with Crippen molar-refractivity contribution in [3.05, 3.63) is 42.1 Å². The Labute approximate surface area is 199 Å². The van der Waals surface area contributed by atoms with Crippen LogP contribution in [0.1, 0.15) is 122 Å². The minimum Gasteiger partial charge on any atom is -0.0965 e. The number of rotatable bonds is 20. The van der Waals surface area contributed by atoms with Gasteiger partial charge in [-0.1, -0.05) is 144 Å². The molecule has 2 rings (SSSR count). The van der Waals surface area contributed by atoms with Crippen molar-refractivity contribution in [1.82, 2.24) is 0 Å². The van der Waals surface area contributed by atoms with E-state index in [0.717, 1.165) is 12.6 Å². The van der Waals surface area contributed by atoms with Gasteiger partial charge < -0.3 is 0 Å². The van der Waals surface area contributed by atoms with Gasteiger partial charge in [-0.2, -0.15) is 0 Å².